The molecule has 0 aromatic carbocycles. The fraction of sp³-hybridized carbons (Fsp3) is 0.750. The van der Waals surface area contributed by atoms with Crippen molar-refractivity contribution in [3.05, 3.63) is 0 Å². The van der Waals surface area contributed by atoms with Gasteiger partial charge in [0.25, 0.3) is 0 Å². The van der Waals surface area contributed by atoms with E-state index in [1.807, 2.05) is 0 Å². The Labute approximate surface area is 104 Å². The van der Waals surface area contributed by atoms with E-state index in [0.717, 1.165) is 0 Å². The Bertz CT molecular complexity index is 185. The first-order valence-corrected chi connectivity index (χ1v) is 4.01. The molecule has 96 valence electrons. The molecule has 0 bridgehead atoms. The summed E-state index contributed by atoms with van der Waals surface area (Å²) >= 11 is 0. The van der Waals surface area contributed by atoms with Gasteiger partial charge >= 0.3 is 11.9 Å². The van der Waals surface area contributed by atoms with Crippen molar-refractivity contribution in [3.8, 4) is 0 Å². The van der Waals surface area contributed by atoms with Gasteiger partial charge in [0, 0.05) is 14.2 Å². The van der Waals surface area contributed by atoms with Gasteiger partial charge in [-0.05, 0) is 6.92 Å². The van der Waals surface area contributed by atoms with E-state index >= 15 is 0 Å². The maximum absolute atomic E-state index is 9.84. The fourth-order valence-electron chi connectivity index (χ4n) is 0.380. The molecule has 0 aliphatic rings. The highest BCUT2D eigenvalue weighted by atomic mass is 27.0. The number of carboxylic acids is 2. The minimum Gasteiger partial charge on any atom is -0.480 e. The lowest BCUT2D eigenvalue weighted by atomic mass is 10.7. The van der Waals surface area contributed by atoms with E-state index in [-0.39, 0.29) is 30.6 Å². The van der Waals surface area contributed by atoms with Crippen LogP contribution in [0.4, 0.5) is 0 Å². The van der Waals surface area contributed by atoms with Gasteiger partial charge in [-0.25, -0.2) is 9.59 Å². The van der Waals surface area contributed by atoms with Crippen molar-refractivity contribution < 1.29 is 34.0 Å². The monoisotopic (exact) mass is 254 g/mol. The van der Waals surface area contributed by atoms with Crippen LogP contribution in [0, 0.1) is 0 Å². The molecule has 16 heavy (non-hydrogen) atoms. The normalized spacial score (nSPS) is 10.4. The molecule has 0 aromatic heterocycles. The maximum Gasteiger partial charge on any atom is 0.329 e. The Balaban J connectivity index is -0.000000214. The van der Waals surface area contributed by atoms with Crippen LogP contribution in [-0.4, -0.2) is 73.2 Å². The summed E-state index contributed by atoms with van der Waals surface area (Å²) in [6, 6.07) is 0. The van der Waals surface area contributed by atoms with Crippen LogP contribution >= 0.6 is 0 Å². The molecule has 2 N–H and O–H groups in total. The summed E-state index contributed by atoms with van der Waals surface area (Å²) in [4.78, 5) is 19.3. The third-order valence-corrected chi connectivity index (χ3v) is 1.04. The molecule has 1 unspecified atom stereocenters. The largest absolute Gasteiger partial charge is 0.480 e. The number of carbonyl (C=O) groups is 2. The minimum atomic E-state index is -0.987. The molecule has 0 fully saturated rings. The number of carboxylic acid groups (broad SMARTS) is 2. The molecular weight excluding hydrogens is 235 g/mol. The van der Waals surface area contributed by atoms with Crippen molar-refractivity contribution in [2.45, 2.75) is 13.2 Å². The molecule has 0 aliphatic carbocycles. The average molecular weight is 254 g/mol. The van der Waals surface area contributed by atoms with Crippen LogP contribution in [-0.2, 0) is 23.8 Å². The van der Waals surface area contributed by atoms with Gasteiger partial charge in [-0.2, -0.15) is 0 Å². The van der Waals surface area contributed by atoms with Crippen LogP contribution in [0.1, 0.15) is 6.92 Å². The summed E-state index contributed by atoms with van der Waals surface area (Å²) in [5.74, 6) is -1.92. The zero-order valence-corrected chi connectivity index (χ0v) is 8.93. The quantitative estimate of drug-likeness (QED) is 0.444. The highest BCUT2D eigenvalue weighted by Crippen LogP contribution is 1.88. The Morgan fingerprint density at radius 1 is 1.12 bits per heavy atom. The molecular formula is C8H19AlO7. The van der Waals surface area contributed by atoms with Crippen LogP contribution in [0.5, 0.6) is 0 Å². The van der Waals surface area contributed by atoms with E-state index < -0.39 is 18.2 Å². The molecule has 0 amide bonds. The van der Waals surface area contributed by atoms with Crippen molar-refractivity contribution in [1.29, 1.82) is 0 Å². The minimum absolute atomic E-state index is 0. The van der Waals surface area contributed by atoms with Crippen LogP contribution in [0.3, 0.4) is 0 Å². The van der Waals surface area contributed by atoms with Crippen molar-refractivity contribution >= 4 is 29.3 Å². The van der Waals surface area contributed by atoms with Gasteiger partial charge < -0.3 is 24.4 Å². The Morgan fingerprint density at radius 3 is 1.75 bits per heavy atom. The standard InChI is InChI=1S/C5H10O4.C3H6O3.Al.3H/c1-4(8-2)9-3-5(6)7;1-6-2-3(4)5;;;;/h4H,3H2,1-2H3,(H,6,7);2H2,1H3,(H,4,5);;;;. The van der Waals surface area contributed by atoms with Crippen molar-refractivity contribution in [2.24, 2.45) is 0 Å². The van der Waals surface area contributed by atoms with Gasteiger partial charge in [-0.15, -0.1) is 0 Å². The zero-order valence-electron chi connectivity index (χ0n) is 8.93. The summed E-state index contributed by atoms with van der Waals surface area (Å²) in [6.45, 7) is 1.11. The van der Waals surface area contributed by atoms with E-state index in [9.17, 15) is 9.59 Å². The van der Waals surface area contributed by atoms with E-state index in [0.29, 0.717) is 0 Å². The van der Waals surface area contributed by atoms with Gasteiger partial charge in [0.05, 0.1) is 0 Å². The number of ether oxygens (including phenoxy) is 3. The summed E-state index contributed by atoms with van der Waals surface area (Å²) < 4.78 is 13.4. The number of hydrogen-bond acceptors (Lipinski definition) is 5. The highest BCUT2D eigenvalue weighted by Gasteiger charge is 2.01. The van der Waals surface area contributed by atoms with Crippen molar-refractivity contribution in [3.63, 3.8) is 0 Å². The number of aliphatic carboxylic acids is 2. The van der Waals surface area contributed by atoms with Gasteiger partial charge in [0.15, 0.2) is 23.7 Å². The van der Waals surface area contributed by atoms with Gasteiger partial charge in [-0.3, -0.25) is 0 Å². The number of rotatable bonds is 6. The topological polar surface area (TPSA) is 102 Å². The molecule has 8 heteroatoms. The number of hydrogen-bond donors (Lipinski definition) is 2. The van der Waals surface area contributed by atoms with Crippen molar-refractivity contribution in [2.75, 3.05) is 27.4 Å². The molecule has 0 aromatic rings. The smallest absolute Gasteiger partial charge is 0.329 e. The van der Waals surface area contributed by atoms with Crippen LogP contribution in [0.25, 0.3) is 0 Å². The predicted octanol–water partition coefficient (Wildman–Crippen LogP) is -1.39. The molecule has 0 rings (SSSR count). The zero-order chi connectivity index (χ0) is 12.3. The van der Waals surface area contributed by atoms with Gasteiger partial charge in [0.1, 0.15) is 13.2 Å². The lowest BCUT2D eigenvalue weighted by Crippen LogP contribution is -2.16. The molecule has 0 saturated carbocycles. The second-order valence-electron chi connectivity index (χ2n) is 2.33. The number of methoxy groups -OCH3 is 2. The summed E-state index contributed by atoms with van der Waals surface area (Å²) in [5.41, 5.74) is 0. The molecule has 7 nitrogen and oxygen atoms in total. The molecule has 0 aliphatic heterocycles. The van der Waals surface area contributed by atoms with E-state index in [4.69, 9.17) is 10.2 Å². The first kappa shape index (κ1) is 20.7. The molecule has 0 radical (unpaired) electrons. The van der Waals surface area contributed by atoms with Gasteiger partial charge in [-0.1, -0.05) is 0 Å². The fourth-order valence-corrected chi connectivity index (χ4v) is 0.380. The average Bonchev–Trinajstić information content (AvgIpc) is 2.14. The maximum atomic E-state index is 9.84. The third kappa shape index (κ3) is 23.3. The predicted molar refractivity (Wildman–Crippen MR) is 59.5 cm³/mol. The van der Waals surface area contributed by atoms with E-state index in [1.165, 1.54) is 14.2 Å². The summed E-state index contributed by atoms with van der Waals surface area (Å²) in [5, 5.41) is 15.9. The lowest BCUT2D eigenvalue weighted by Gasteiger charge is -2.07. The summed E-state index contributed by atoms with van der Waals surface area (Å²) in [7, 11) is 2.79. The van der Waals surface area contributed by atoms with Crippen LogP contribution < -0.4 is 0 Å². The van der Waals surface area contributed by atoms with Crippen molar-refractivity contribution in [1.82, 2.24) is 0 Å². The van der Waals surface area contributed by atoms with Crippen LogP contribution in [0.15, 0.2) is 0 Å². The summed E-state index contributed by atoms with van der Waals surface area (Å²) in [6.07, 6.45) is -0.443. The highest BCUT2D eigenvalue weighted by molar-refractivity contribution is 5.75. The SMILES string of the molecule is COC(C)OCC(=O)O.COCC(=O)O.[AlH3]. The Hall–Kier alpha value is -0.648. The van der Waals surface area contributed by atoms with E-state index in [2.05, 4.69) is 14.2 Å². The second kappa shape index (κ2) is 14.4. The van der Waals surface area contributed by atoms with Crippen LogP contribution in [0.2, 0.25) is 0 Å². The molecule has 1 atom stereocenters. The Morgan fingerprint density at radius 2 is 1.56 bits per heavy atom. The first-order valence-electron chi connectivity index (χ1n) is 4.01. The third-order valence-electron chi connectivity index (χ3n) is 1.04. The molecule has 0 saturated heterocycles. The molecule has 0 heterocycles. The Kier molecular flexibility index (Phi) is 18.6. The lowest BCUT2D eigenvalue weighted by molar-refractivity contribution is -0.158. The van der Waals surface area contributed by atoms with Gasteiger partial charge in [0.2, 0.25) is 0 Å². The first-order chi connectivity index (χ1) is 6.93. The second-order valence-corrected chi connectivity index (χ2v) is 2.33. The molecule has 0 spiro atoms. The van der Waals surface area contributed by atoms with E-state index in [1.54, 1.807) is 6.92 Å².